The Bertz CT molecular complexity index is 1360. The highest BCUT2D eigenvalue weighted by atomic mass is 16.6. The van der Waals surface area contributed by atoms with E-state index in [9.17, 15) is 9.59 Å². The number of aromatic nitrogens is 2. The van der Waals surface area contributed by atoms with Crippen LogP contribution >= 0.6 is 0 Å². The minimum atomic E-state index is -0.930. The summed E-state index contributed by atoms with van der Waals surface area (Å²) in [6.07, 6.45) is 0.0395. The summed E-state index contributed by atoms with van der Waals surface area (Å²) in [5, 5.41) is 7.55. The van der Waals surface area contributed by atoms with Crippen molar-refractivity contribution >= 4 is 12.1 Å². The first-order valence-corrected chi connectivity index (χ1v) is 13.7. The van der Waals surface area contributed by atoms with Crippen LogP contribution in [0.4, 0.5) is 4.79 Å². The highest BCUT2D eigenvalue weighted by molar-refractivity contribution is 5.90. The Morgan fingerprint density at radius 3 is 1.82 bits per heavy atom. The molecule has 7 heteroatoms. The van der Waals surface area contributed by atoms with Gasteiger partial charge >= 0.3 is 12.1 Å². The van der Waals surface area contributed by atoms with E-state index >= 15 is 0 Å². The van der Waals surface area contributed by atoms with Crippen LogP contribution in [0.15, 0.2) is 91.0 Å². The predicted octanol–water partition coefficient (Wildman–Crippen LogP) is 6.46. The van der Waals surface area contributed by atoms with E-state index in [4.69, 9.17) is 9.47 Å². The van der Waals surface area contributed by atoms with Crippen molar-refractivity contribution in [3.05, 3.63) is 125 Å². The Hall–Kier alpha value is -4.39. The number of nitrogens with zero attached hydrogens (tertiary/aromatic N) is 2. The number of carbonyl (C=O) groups excluding carboxylic acids is 2. The second kappa shape index (κ2) is 11.0. The number of aromatic amines is 1. The Morgan fingerprint density at radius 2 is 1.38 bits per heavy atom. The lowest BCUT2D eigenvalue weighted by molar-refractivity contribution is 0.00782. The summed E-state index contributed by atoms with van der Waals surface area (Å²) in [4.78, 5) is 29.1. The minimum absolute atomic E-state index is 0.183. The number of benzene rings is 3. The van der Waals surface area contributed by atoms with Gasteiger partial charge in [0, 0.05) is 24.2 Å². The van der Waals surface area contributed by atoms with Crippen molar-refractivity contribution in [3.8, 4) is 0 Å². The molecule has 2 heterocycles. The van der Waals surface area contributed by atoms with Crippen molar-refractivity contribution in [2.75, 3.05) is 13.2 Å². The van der Waals surface area contributed by atoms with Crippen LogP contribution in [-0.4, -0.2) is 45.9 Å². The summed E-state index contributed by atoms with van der Waals surface area (Å²) in [6, 6.07) is 29.7. The molecule has 0 aliphatic carbocycles. The van der Waals surface area contributed by atoms with Gasteiger partial charge in [-0.1, -0.05) is 91.0 Å². The number of H-pyrrole nitrogens is 1. The van der Waals surface area contributed by atoms with Crippen LogP contribution in [0.25, 0.3) is 0 Å². The lowest BCUT2D eigenvalue weighted by Gasteiger charge is -2.49. The van der Waals surface area contributed by atoms with Gasteiger partial charge in [0.1, 0.15) is 5.60 Å². The maximum atomic E-state index is 14.1. The molecule has 0 saturated heterocycles. The number of fused-ring (bicyclic) bond motifs is 1. The van der Waals surface area contributed by atoms with Gasteiger partial charge in [0.2, 0.25) is 0 Å². The quantitative estimate of drug-likeness (QED) is 0.226. The van der Waals surface area contributed by atoms with Crippen molar-refractivity contribution in [1.29, 1.82) is 0 Å². The number of hydrogen-bond donors (Lipinski definition) is 1. The highest BCUT2D eigenvalue weighted by Crippen LogP contribution is 2.53. The zero-order valence-electron chi connectivity index (χ0n) is 23.4. The maximum Gasteiger partial charge on any atom is 0.410 e. The van der Waals surface area contributed by atoms with Gasteiger partial charge in [-0.3, -0.25) is 10.00 Å². The van der Waals surface area contributed by atoms with Gasteiger partial charge in [-0.05, 0) is 44.4 Å². The Balaban J connectivity index is 1.90. The van der Waals surface area contributed by atoms with E-state index < -0.39 is 29.1 Å². The smallest absolute Gasteiger partial charge is 0.410 e. The first kappa shape index (κ1) is 27.2. The summed E-state index contributed by atoms with van der Waals surface area (Å²) in [6.45, 7) is 7.93. The van der Waals surface area contributed by atoms with E-state index in [1.54, 1.807) is 11.8 Å². The second-order valence-corrected chi connectivity index (χ2v) is 10.9. The first-order valence-electron chi connectivity index (χ1n) is 13.7. The molecule has 1 amide bonds. The van der Waals surface area contributed by atoms with E-state index in [2.05, 4.69) is 46.6 Å². The molecule has 1 N–H and O–H groups in total. The molecule has 0 fully saturated rings. The Morgan fingerprint density at radius 1 is 0.875 bits per heavy atom. The largest absolute Gasteiger partial charge is 0.461 e. The molecule has 1 aliphatic rings. The lowest BCUT2D eigenvalue weighted by Crippen LogP contribution is -2.52. The SMILES string of the molecule is CCOC(=O)c1n[nH]c2c1C(C(c1ccccc1)(c1ccccc1)c1ccccc1)N(C(=O)OC(C)(C)C)CC2. The Kier molecular flexibility index (Phi) is 7.48. The van der Waals surface area contributed by atoms with Crippen molar-refractivity contribution in [3.63, 3.8) is 0 Å². The van der Waals surface area contributed by atoms with Gasteiger partial charge in [0.05, 0.1) is 18.1 Å². The third kappa shape index (κ3) is 4.88. The van der Waals surface area contributed by atoms with Crippen LogP contribution in [0.5, 0.6) is 0 Å². The summed E-state index contributed by atoms with van der Waals surface area (Å²) in [5.41, 5.74) is 2.90. The highest BCUT2D eigenvalue weighted by Gasteiger charge is 2.53. The van der Waals surface area contributed by atoms with Crippen LogP contribution in [0.3, 0.4) is 0 Å². The van der Waals surface area contributed by atoms with Gasteiger partial charge in [0.25, 0.3) is 0 Å². The number of amides is 1. The third-order valence-corrected chi connectivity index (χ3v) is 7.27. The molecule has 4 aromatic rings. The lowest BCUT2D eigenvalue weighted by atomic mass is 9.61. The molecule has 1 aromatic heterocycles. The second-order valence-electron chi connectivity index (χ2n) is 10.9. The number of rotatable bonds is 6. The molecule has 1 unspecified atom stereocenters. The van der Waals surface area contributed by atoms with E-state index in [0.717, 1.165) is 22.4 Å². The molecular formula is C33H35N3O4. The molecule has 206 valence electrons. The predicted molar refractivity (Wildman–Crippen MR) is 153 cm³/mol. The van der Waals surface area contributed by atoms with Gasteiger partial charge in [-0.15, -0.1) is 0 Å². The fourth-order valence-corrected chi connectivity index (χ4v) is 5.79. The molecule has 0 saturated carbocycles. The number of carbonyl (C=O) groups is 2. The van der Waals surface area contributed by atoms with Crippen LogP contribution in [0, 0.1) is 0 Å². The third-order valence-electron chi connectivity index (χ3n) is 7.27. The number of hydrogen-bond acceptors (Lipinski definition) is 5. The number of ether oxygens (including phenoxy) is 2. The molecule has 5 rings (SSSR count). The monoisotopic (exact) mass is 537 g/mol. The van der Waals surface area contributed by atoms with Gasteiger partial charge in [0.15, 0.2) is 5.69 Å². The maximum absolute atomic E-state index is 14.1. The summed E-state index contributed by atoms with van der Waals surface area (Å²) in [7, 11) is 0. The summed E-state index contributed by atoms with van der Waals surface area (Å²) in [5.74, 6) is -0.529. The first-order chi connectivity index (χ1) is 19.3. The van der Waals surface area contributed by atoms with Crippen LogP contribution in [-0.2, 0) is 21.3 Å². The van der Waals surface area contributed by atoms with E-state index in [-0.39, 0.29) is 12.3 Å². The molecule has 0 spiro atoms. The average molecular weight is 538 g/mol. The normalized spacial score (nSPS) is 15.3. The molecule has 0 bridgehead atoms. The van der Waals surface area contributed by atoms with E-state index in [0.29, 0.717) is 18.5 Å². The fraction of sp³-hybridized carbons (Fsp3) is 0.303. The van der Waals surface area contributed by atoms with Gasteiger partial charge in [-0.2, -0.15) is 5.10 Å². The Labute approximate surface area is 235 Å². The standard InChI is InChI=1S/C33H35N3O4/c1-5-39-30(37)28-27-26(34-35-28)21-22-36(31(38)40-32(2,3)4)29(27)33(23-15-9-6-10-16-23,24-17-11-7-12-18-24)25-19-13-8-14-20-25/h6-20,29H,5,21-22H2,1-4H3,(H,34,35). The van der Waals surface area contributed by atoms with Crippen LogP contribution < -0.4 is 0 Å². The molecule has 40 heavy (non-hydrogen) atoms. The summed E-state index contributed by atoms with van der Waals surface area (Å²) < 4.78 is 11.4. The minimum Gasteiger partial charge on any atom is -0.461 e. The molecule has 1 atom stereocenters. The molecular weight excluding hydrogens is 502 g/mol. The van der Waals surface area contributed by atoms with Crippen LogP contribution in [0.1, 0.15) is 72.2 Å². The van der Waals surface area contributed by atoms with Crippen molar-refractivity contribution in [2.45, 2.75) is 51.2 Å². The zero-order chi connectivity index (χ0) is 28.3. The summed E-state index contributed by atoms with van der Waals surface area (Å²) >= 11 is 0. The number of nitrogens with one attached hydrogen (secondary N) is 1. The molecule has 1 aliphatic heterocycles. The van der Waals surface area contributed by atoms with Gasteiger partial charge < -0.3 is 9.47 Å². The van der Waals surface area contributed by atoms with Crippen molar-refractivity contribution in [2.24, 2.45) is 0 Å². The van der Waals surface area contributed by atoms with Crippen molar-refractivity contribution < 1.29 is 19.1 Å². The zero-order valence-corrected chi connectivity index (χ0v) is 23.4. The molecule has 3 aromatic carbocycles. The van der Waals surface area contributed by atoms with E-state index in [1.807, 2.05) is 75.4 Å². The average Bonchev–Trinajstić information content (AvgIpc) is 3.39. The van der Waals surface area contributed by atoms with Crippen LogP contribution in [0.2, 0.25) is 0 Å². The molecule has 7 nitrogen and oxygen atoms in total. The topological polar surface area (TPSA) is 84.5 Å². The molecule has 0 radical (unpaired) electrons. The van der Waals surface area contributed by atoms with Crippen molar-refractivity contribution in [1.82, 2.24) is 15.1 Å². The van der Waals surface area contributed by atoms with E-state index in [1.165, 1.54) is 0 Å². The van der Waals surface area contributed by atoms with Gasteiger partial charge in [-0.25, -0.2) is 9.59 Å². The fourth-order valence-electron chi connectivity index (χ4n) is 5.79. The number of esters is 1.